The Bertz CT molecular complexity index is 377. The van der Waals surface area contributed by atoms with Gasteiger partial charge < -0.3 is 15.2 Å². The molecule has 0 saturated carbocycles. The molecule has 1 aliphatic heterocycles. The van der Waals surface area contributed by atoms with E-state index in [0.717, 1.165) is 11.3 Å². The Kier molecular flexibility index (Phi) is 2.87. The van der Waals surface area contributed by atoms with Crippen LogP contribution >= 0.6 is 0 Å². The van der Waals surface area contributed by atoms with Crippen molar-refractivity contribution < 1.29 is 9.47 Å². The Labute approximate surface area is 88.7 Å². The summed E-state index contributed by atoms with van der Waals surface area (Å²) in [6.45, 7) is 1.00. The van der Waals surface area contributed by atoms with E-state index < -0.39 is 0 Å². The molecule has 1 heterocycles. The van der Waals surface area contributed by atoms with Crippen LogP contribution in [0.4, 0.5) is 0 Å². The van der Waals surface area contributed by atoms with E-state index >= 15 is 0 Å². The van der Waals surface area contributed by atoms with Gasteiger partial charge in [0.05, 0.1) is 20.2 Å². The fourth-order valence-corrected chi connectivity index (χ4v) is 1.55. The van der Waals surface area contributed by atoms with Crippen molar-refractivity contribution in [1.82, 2.24) is 0 Å². The molecule has 1 aromatic carbocycles. The Hall–Kier alpha value is -1.55. The third-order valence-electron chi connectivity index (χ3n) is 2.35. The lowest BCUT2D eigenvalue weighted by molar-refractivity contribution is 0.225. The molecule has 1 atom stereocenters. The van der Waals surface area contributed by atoms with E-state index in [1.807, 2.05) is 24.3 Å². The van der Waals surface area contributed by atoms with E-state index in [1.54, 1.807) is 7.11 Å². The molecule has 80 valence electrons. The molecule has 0 aliphatic carbocycles. The Morgan fingerprint density at radius 3 is 3.13 bits per heavy atom. The largest absolute Gasteiger partial charge is 0.497 e. The maximum Gasteiger partial charge on any atom is 0.198 e. The average molecular weight is 206 g/mol. The van der Waals surface area contributed by atoms with Gasteiger partial charge in [-0.2, -0.15) is 0 Å². The summed E-state index contributed by atoms with van der Waals surface area (Å²) >= 11 is 0. The first-order valence-electron chi connectivity index (χ1n) is 4.87. The summed E-state index contributed by atoms with van der Waals surface area (Å²) < 4.78 is 10.7. The zero-order chi connectivity index (χ0) is 10.7. The van der Waals surface area contributed by atoms with Crippen LogP contribution in [0.3, 0.4) is 0 Å². The second-order valence-corrected chi connectivity index (χ2v) is 3.32. The van der Waals surface area contributed by atoms with Gasteiger partial charge in [0.2, 0.25) is 0 Å². The molecule has 0 spiro atoms. The number of nitrogens with two attached hydrogens (primary N) is 1. The lowest BCUT2D eigenvalue weighted by Crippen LogP contribution is -2.15. The highest BCUT2D eigenvalue weighted by atomic mass is 16.5. The topological polar surface area (TPSA) is 56.8 Å². The van der Waals surface area contributed by atoms with Gasteiger partial charge in [0.1, 0.15) is 11.9 Å². The Morgan fingerprint density at radius 2 is 2.47 bits per heavy atom. The number of methoxy groups -OCH3 is 1. The van der Waals surface area contributed by atoms with E-state index in [0.29, 0.717) is 19.0 Å². The molecule has 2 N–H and O–H groups in total. The SMILES string of the molecule is COc1cccc(C2CN=C(CN)O2)c1. The van der Waals surface area contributed by atoms with Crippen molar-refractivity contribution in [2.45, 2.75) is 6.10 Å². The smallest absolute Gasteiger partial charge is 0.198 e. The molecule has 15 heavy (non-hydrogen) atoms. The summed E-state index contributed by atoms with van der Waals surface area (Å²) in [7, 11) is 1.65. The summed E-state index contributed by atoms with van der Waals surface area (Å²) in [5.41, 5.74) is 6.52. The van der Waals surface area contributed by atoms with Gasteiger partial charge in [0.25, 0.3) is 0 Å². The predicted octanol–water partition coefficient (Wildman–Crippen LogP) is 1.12. The van der Waals surface area contributed by atoms with Crippen molar-refractivity contribution in [3.8, 4) is 5.75 Å². The second-order valence-electron chi connectivity index (χ2n) is 3.32. The van der Waals surface area contributed by atoms with Gasteiger partial charge in [-0.15, -0.1) is 0 Å². The van der Waals surface area contributed by atoms with Crippen molar-refractivity contribution in [2.24, 2.45) is 10.7 Å². The quantitative estimate of drug-likeness (QED) is 0.806. The Balaban J connectivity index is 2.11. The molecule has 4 nitrogen and oxygen atoms in total. The third kappa shape index (κ3) is 2.10. The van der Waals surface area contributed by atoms with Gasteiger partial charge in [-0.25, -0.2) is 0 Å². The average Bonchev–Trinajstić information content (AvgIpc) is 2.78. The molecular formula is C11H14N2O2. The van der Waals surface area contributed by atoms with Gasteiger partial charge in [-0.05, 0) is 17.7 Å². The number of rotatable bonds is 3. The van der Waals surface area contributed by atoms with Crippen molar-refractivity contribution in [2.75, 3.05) is 20.2 Å². The molecule has 1 unspecified atom stereocenters. The van der Waals surface area contributed by atoms with Crippen molar-refractivity contribution >= 4 is 5.90 Å². The summed E-state index contributed by atoms with van der Waals surface area (Å²) in [5.74, 6) is 1.46. The minimum absolute atomic E-state index is 0.0151. The molecule has 2 rings (SSSR count). The number of benzene rings is 1. The normalized spacial score (nSPS) is 19.6. The number of ether oxygens (including phenoxy) is 2. The van der Waals surface area contributed by atoms with Crippen LogP contribution in [0.15, 0.2) is 29.3 Å². The van der Waals surface area contributed by atoms with Gasteiger partial charge in [0, 0.05) is 0 Å². The molecule has 1 aromatic rings. The zero-order valence-corrected chi connectivity index (χ0v) is 8.64. The van der Waals surface area contributed by atoms with Crippen LogP contribution in [-0.4, -0.2) is 26.1 Å². The first-order chi connectivity index (χ1) is 7.33. The molecule has 0 saturated heterocycles. The molecule has 0 radical (unpaired) electrons. The number of hydrogen-bond acceptors (Lipinski definition) is 4. The first kappa shape index (κ1) is 9.98. The van der Waals surface area contributed by atoms with E-state index in [2.05, 4.69) is 4.99 Å². The van der Waals surface area contributed by atoms with Crippen LogP contribution in [0.5, 0.6) is 5.75 Å². The van der Waals surface area contributed by atoms with E-state index in [-0.39, 0.29) is 6.10 Å². The fraction of sp³-hybridized carbons (Fsp3) is 0.364. The highest BCUT2D eigenvalue weighted by molar-refractivity contribution is 5.79. The number of aliphatic imine (C=N–C) groups is 1. The van der Waals surface area contributed by atoms with E-state index in [9.17, 15) is 0 Å². The van der Waals surface area contributed by atoms with E-state index in [4.69, 9.17) is 15.2 Å². The van der Waals surface area contributed by atoms with Crippen molar-refractivity contribution in [3.05, 3.63) is 29.8 Å². The highest BCUT2D eigenvalue weighted by Crippen LogP contribution is 2.25. The maximum atomic E-state index is 5.57. The molecule has 0 fully saturated rings. The standard InChI is InChI=1S/C11H14N2O2/c1-14-9-4-2-3-8(5-9)10-7-13-11(6-12)15-10/h2-5,10H,6-7,12H2,1H3. The van der Waals surface area contributed by atoms with Gasteiger partial charge in [0.15, 0.2) is 5.90 Å². The van der Waals surface area contributed by atoms with Crippen LogP contribution in [0.25, 0.3) is 0 Å². The summed E-state index contributed by atoms with van der Waals surface area (Å²) in [6.07, 6.45) is -0.0151. The maximum absolute atomic E-state index is 5.57. The second kappa shape index (κ2) is 4.31. The van der Waals surface area contributed by atoms with E-state index in [1.165, 1.54) is 0 Å². The monoisotopic (exact) mass is 206 g/mol. The molecule has 0 bridgehead atoms. The summed E-state index contributed by atoms with van der Waals surface area (Å²) in [6, 6.07) is 7.81. The van der Waals surface area contributed by atoms with Crippen LogP contribution in [0, 0.1) is 0 Å². The fourth-order valence-electron chi connectivity index (χ4n) is 1.55. The molecule has 4 heteroatoms. The minimum Gasteiger partial charge on any atom is -0.497 e. The summed E-state index contributed by atoms with van der Waals surface area (Å²) in [4.78, 5) is 4.20. The molecule has 1 aliphatic rings. The Morgan fingerprint density at radius 1 is 1.60 bits per heavy atom. The lowest BCUT2D eigenvalue weighted by atomic mass is 10.1. The lowest BCUT2D eigenvalue weighted by Gasteiger charge is -2.11. The first-order valence-corrected chi connectivity index (χ1v) is 4.87. The zero-order valence-electron chi connectivity index (χ0n) is 8.64. The predicted molar refractivity (Wildman–Crippen MR) is 58.2 cm³/mol. The highest BCUT2D eigenvalue weighted by Gasteiger charge is 2.20. The van der Waals surface area contributed by atoms with Crippen LogP contribution in [-0.2, 0) is 4.74 Å². The number of nitrogens with zero attached hydrogens (tertiary/aromatic N) is 1. The van der Waals surface area contributed by atoms with Crippen LogP contribution in [0.2, 0.25) is 0 Å². The number of hydrogen-bond donors (Lipinski definition) is 1. The molecular weight excluding hydrogens is 192 g/mol. The van der Waals surface area contributed by atoms with Crippen molar-refractivity contribution in [3.63, 3.8) is 0 Å². The molecule has 0 amide bonds. The minimum atomic E-state index is -0.0151. The van der Waals surface area contributed by atoms with Crippen LogP contribution in [0.1, 0.15) is 11.7 Å². The van der Waals surface area contributed by atoms with Crippen molar-refractivity contribution in [1.29, 1.82) is 0 Å². The third-order valence-corrected chi connectivity index (χ3v) is 2.35. The van der Waals surface area contributed by atoms with Gasteiger partial charge >= 0.3 is 0 Å². The molecule has 0 aromatic heterocycles. The summed E-state index contributed by atoms with van der Waals surface area (Å²) in [5, 5.41) is 0. The van der Waals surface area contributed by atoms with Gasteiger partial charge in [-0.1, -0.05) is 12.1 Å². The van der Waals surface area contributed by atoms with Crippen LogP contribution < -0.4 is 10.5 Å². The van der Waals surface area contributed by atoms with Gasteiger partial charge in [-0.3, -0.25) is 4.99 Å².